The highest BCUT2D eigenvalue weighted by atomic mass is 32.2. The molecule has 0 saturated heterocycles. The molecule has 0 amide bonds. The molecule has 0 aliphatic rings. The standard InChI is InChI=1S/C20H15F3N4O3S/c1-2-31(29,30)16-10-14(13-6-4-3-5-7-13)11-24-18(16)27-19(28)26-12-15(20(21,22)23)8-9-17(26)25-27/h3-12H,2H2,1H3. The van der Waals surface area contributed by atoms with Crippen LogP contribution in [0.2, 0.25) is 0 Å². The highest BCUT2D eigenvalue weighted by Gasteiger charge is 2.31. The van der Waals surface area contributed by atoms with Crippen LogP contribution >= 0.6 is 0 Å². The number of rotatable bonds is 4. The maximum absolute atomic E-state index is 13.0. The zero-order valence-electron chi connectivity index (χ0n) is 16.0. The lowest BCUT2D eigenvalue weighted by Crippen LogP contribution is -2.23. The molecule has 31 heavy (non-hydrogen) atoms. The van der Waals surface area contributed by atoms with Gasteiger partial charge in [0.05, 0.1) is 11.3 Å². The second-order valence-corrected chi connectivity index (χ2v) is 8.90. The maximum atomic E-state index is 13.0. The Bertz CT molecular complexity index is 1440. The fourth-order valence-corrected chi connectivity index (χ4v) is 4.08. The Morgan fingerprint density at radius 2 is 1.74 bits per heavy atom. The van der Waals surface area contributed by atoms with E-state index < -0.39 is 27.3 Å². The lowest BCUT2D eigenvalue weighted by atomic mass is 10.1. The van der Waals surface area contributed by atoms with Gasteiger partial charge in [0.15, 0.2) is 21.3 Å². The number of fused-ring (bicyclic) bond motifs is 1. The van der Waals surface area contributed by atoms with Crippen molar-refractivity contribution in [1.82, 2.24) is 19.2 Å². The van der Waals surface area contributed by atoms with Gasteiger partial charge in [-0.3, -0.25) is 0 Å². The van der Waals surface area contributed by atoms with Crippen molar-refractivity contribution < 1.29 is 21.6 Å². The van der Waals surface area contributed by atoms with Gasteiger partial charge in [-0.15, -0.1) is 5.10 Å². The molecule has 7 nitrogen and oxygen atoms in total. The van der Waals surface area contributed by atoms with E-state index in [1.807, 2.05) is 0 Å². The third-order valence-corrected chi connectivity index (χ3v) is 6.43. The number of benzene rings is 1. The fourth-order valence-electron chi connectivity index (χ4n) is 3.05. The molecule has 4 rings (SSSR count). The second kappa shape index (κ2) is 7.34. The molecular formula is C20H15F3N4O3S. The summed E-state index contributed by atoms with van der Waals surface area (Å²) in [5, 5.41) is 3.99. The van der Waals surface area contributed by atoms with E-state index in [0.29, 0.717) is 26.4 Å². The van der Waals surface area contributed by atoms with Crippen LogP contribution in [0.15, 0.2) is 70.6 Å². The van der Waals surface area contributed by atoms with Gasteiger partial charge in [0, 0.05) is 18.0 Å². The van der Waals surface area contributed by atoms with Crippen LogP contribution in [0.3, 0.4) is 0 Å². The zero-order chi connectivity index (χ0) is 22.4. The summed E-state index contributed by atoms with van der Waals surface area (Å²) in [4.78, 5) is 16.7. The minimum Gasteiger partial charge on any atom is -0.249 e. The van der Waals surface area contributed by atoms with Crippen molar-refractivity contribution in [2.45, 2.75) is 18.0 Å². The quantitative estimate of drug-likeness (QED) is 0.478. The van der Waals surface area contributed by atoms with Crippen molar-refractivity contribution in [2.24, 2.45) is 0 Å². The van der Waals surface area contributed by atoms with Gasteiger partial charge in [-0.05, 0) is 23.8 Å². The highest BCUT2D eigenvalue weighted by molar-refractivity contribution is 7.91. The third kappa shape index (κ3) is 3.72. The Hall–Kier alpha value is -3.47. The summed E-state index contributed by atoms with van der Waals surface area (Å²) in [5.41, 5.74) is -0.852. The Labute approximate surface area is 174 Å². The van der Waals surface area contributed by atoms with E-state index in [1.165, 1.54) is 19.2 Å². The van der Waals surface area contributed by atoms with Gasteiger partial charge in [-0.25, -0.2) is 22.6 Å². The number of sulfone groups is 1. The molecule has 0 N–H and O–H groups in total. The van der Waals surface area contributed by atoms with Gasteiger partial charge in [-0.2, -0.15) is 17.9 Å². The number of hydrogen-bond donors (Lipinski definition) is 0. The summed E-state index contributed by atoms with van der Waals surface area (Å²) in [7, 11) is -3.84. The Morgan fingerprint density at radius 3 is 2.39 bits per heavy atom. The molecule has 0 fully saturated rings. The van der Waals surface area contributed by atoms with Gasteiger partial charge < -0.3 is 0 Å². The highest BCUT2D eigenvalue weighted by Crippen LogP contribution is 2.29. The molecule has 160 valence electrons. The van der Waals surface area contributed by atoms with E-state index in [0.717, 1.165) is 12.1 Å². The van der Waals surface area contributed by atoms with Crippen LogP contribution in [0.4, 0.5) is 13.2 Å². The minimum atomic E-state index is -4.65. The first-order valence-electron chi connectivity index (χ1n) is 9.09. The van der Waals surface area contributed by atoms with E-state index in [-0.39, 0.29) is 22.1 Å². The molecule has 0 radical (unpaired) electrons. The van der Waals surface area contributed by atoms with E-state index in [9.17, 15) is 26.4 Å². The molecule has 11 heteroatoms. The first-order valence-corrected chi connectivity index (χ1v) is 10.7. The number of halogens is 3. The average Bonchev–Trinajstić information content (AvgIpc) is 3.09. The van der Waals surface area contributed by atoms with Crippen molar-refractivity contribution in [3.8, 4) is 16.9 Å². The molecule has 4 aromatic rings. The number of pyridine rings is 2. The first-order chi connectivity index (χ1) is 14.6. The summed E-state index contributed by atoms with van der Waals surface area (Å²) in [6.07, 6.45) is -2.65. The lowest BCUT2D eigenvalue weighted by Gasteiger charge is -2.10. The maximum Gasteiger partial charge on any atom is 0.417 e. The van der Waals surface area contributed by atoms with Crippen LogP contribution in [0.25, 0.3) is 22.6 Å². The molecule has 0 saturated carbocycles. The number of nitrogens with zero attached hydrogens (tertiary/aromatic N) is 4. The SMILES string of the molecule is CCS(=O)(=O)c1cc(-c2ccccc2)cnc1-n1nc2ccc(C(F)(F)F)cn2c1=O. The predicted octanol–water partition coefficient (Wildman–Crippen LogP) is 3.36. The van der Waals surface area contributed by atoms with Crippen molar-refractivity contribution in [3.05, 3.63) is 77.0 Å². The summed E-state index contributed by atoms with van der Waals surface area (Å²) < 4.78 is 66.0. The van der Waals surface area contributed by atoms with Crippen molar-refractivity contribution in [2.75, 3.05) is 5.75 Å². The Kier molecular flexibility index (Phi) is 4.92. The van der Waals surface area contributed by atoms with Gasteiger partial charge in [-0.1, -0.05) is 37.3 Å². The molecule has 3 aromatic heterocycles. The van der Waals surface area contributed by atoms with Crippen molar-refractivity contribution in [1.29, 1.82) is 0 Å². The molecule has 3 heterocycles. The average molecular weight is 448 g/mol. The lowest BCUT2D eigenvalue weighted by molar-refractivity contribution is -0.137. The monoisotopic (exact) mass is 448 g/mol. The topological polar surface area (TPSA) is 86.3 Å². The van der Waals surface area contributed by atoms with Gasteiger partial charge in [0.1, 0.15) is 4.90 Å². The van der Waals surface area contributed by atoms with Crippen LogP contribution in [0, 0.1) is 0 Å². The van der Waals surface area contributed by atoms with E-state index in [4.69, 9.17) is 0 Å². The third-order valence-electron chi connectivity index (χ3n) is 4.70. The Morgan fingerprint density at radius 1 is 1.03 bits per heavy atom. The molecule has 0 atom stereocenters. The molecular weight excluding hydrogens is 433 g/mol. The van der Waals surface area contributed by atoms with Gasteiger partial charge in [0.25, 0.3) is 0 Å². The number of aromatic nitrogens is 4. The summed E-state index contributed by atoms with van der Waals surface area (Å²) >= 11 is 0. The van der Waals surface area contributed by atoms with Crippen LogP contribution in [0.5, 0.6) is 0 Å². The smallest absolute Gasteiger partial charge is 0.249 e. The van der Waals surface area contributed by atoms with Crippen LogP contribution < -0.4 is 5.69 Å². The number of hydrogen-bond acceptors (Lipinski definition) is 5. The summed E-state index contributed by atoms with van der Waals surface area (Å²) in [6, 6.07) is 12.1. The normalized spacial score (nSPS) is 12.4. The van der Waals surface area contributed by atoms with Gasteiger partial charge in [0.2, 0.25) is 0 Å². The molecule has 0 spiro atoms. The fraction of sp³-hybridized carbons (Fsp3) is 0.150. The first kappa shape index (κ1) is 20.8. The largest absolute Gasteiger partial charge is 0.417 e. The molecule has 0 aliphatic heterocycles. The van der Waals surface area contributed by atoms with Crippen molar-refractivity contribution in [3.63, 3.8) is 0 Å². The van der Waals surface area contributed by atoms with Crippen LogP contribution in [0.1, 0.15) is 12.5 Å². The molecule has 1 aromatic carbocycles. The molecule has 0 aliphatic carbocycles. The number of alkyl halides is 3. The zero-order valence-corrected chi connectivity index (χ0v) is 16.9. The Balaban J connectivity index is 1.96. The predicted molar refractivity (Wildman–Crippen MR) is 107 cm³/mol. The molecule has 0 bridgehead atoms. The van der Waals surface area contributed by atoms with Crippen molar-refractivity contribution >= 4 is 15.5 Å². The minimum absolute atomic E-state index is 0.0771. The summed E-state index contributed by atoms with van der Waals surface area (Å²) in [5.74, 6) is -0.538. The van der Waals surface area contributed by atoms with E-state index >= 15 is 0 Å². The van der Waals surface area contributed by atoms with E-state index in [2.05, 4.69) is 10.1 Å². The van der Waals surface area contributed by atoms with Crippen LogP contribution in [-0.4, -0.2) is 33.3 Å². The second-order valence-electron chi connectivity index (χ2n) is 6.65. The van der Waals surface area contributed by atoms with Gasteiger partial charge >= 0.3 is 11.9 Å². The van der Waals surface area contributed by atoms with E-state index in [1.54, 1.807) is 30.3 Å². The molecule has 0 unspecified atom stereocenters. The van der Waals surface area contributed by atoms with Crippen LogP contribution in [-0.2, 0) is 16.0 Å². The summed E-state index contributed by atoms with van der Waals surface area (Å²) in [6.45, 7) is 1.44.